The Morgan fingerprint density at radius 1 is 1.09 bits per heavy atom. The van der Waals surface area contributed by atoms with E-state index >= 15 is 0 Å². The van der Waals surface area contributed by atoms with E-state index in [-0.39, 0.29) is 6.10 Å². The van der Waals surface area contributed by atoms with Gasteiger partial charge in [-0.1, -0.05) is 65.3 Å². The molecule has 4 aliphatic carbocycles. The summed E-state index contributed by atoms with van der Waals surface area (Å²) in [5, 5.41) is 10.3. The van der Waals surface area contributed by atoms with Crippen molar-refractivity contribution in [1.29, 1.82) is 0 Å². The molecule has 1 heteroatoms. The molecule has 3 saturated carbocycles. The van der Waals surface area contributed by atoms with Crippen LogP contribution < -0.4 is 0 Å². The van der Waals surface area contributed by atoms with Gasteiger partial charge in [0.1, 0.15) is 0 Å². The van der Waals surface area contributed by atoms with Gasteiger partial charge >= 0.3 is 0 Å². The Morgan fingerprint density at radius 2 is 1.81 bits per heavy atom. The predicted octanol–water partition coefficient (Wildman–Crippen LogP) is 8.58. The van der Waals surface area contributed by atoms with E-state index in [9.17, 15) is 5.11 Å². The fraction of sp³-hybridized carbons (Fsp3) is 0.871. The number of hydrogen-bond acceptors (Lipinski definition) is 1. The molecule has 0 aromatic heterocycles. The quantitative estimate of drug-likeness (QED) is 0.424. The number of aliphatic hydroxyl groups is 1. The van der Waals surface area contributed by atoms with E-state index in [4.69, 9.17) is 0 Å². The van der Waals surface area contributed by atoms with Gasteiger partial charge in [0.15, 0.2) is 0 Å². The van der Waals surface area contributed by atoms with Gasteiger partial charge in [-0.25, -0.2) is 0 Å². The zero-order chi connectivity index (χ0) is 23.5. The second-order valence-corrected chi connectivity index (χ2v) is 14.2. The first-order valence-electron chi connectivity index (χ1n) is 13.9. The summed E-state index contributed by atoms with van der Waals surface area (Å²) in [6.45, 7) is 21.6. The molecule has 182 valence electrons. The molecular formula is C31H52O. The van der Waals surface area contributed by atoms with Gasteiger partial charge in [0.05, 0.1) is 6.10 Å². The largest absolute Gasteiger partial charge is 0.393 e. The molecule has 0 aliphatic heterocycles. The van der Waals surface area contributed by atoms with Crippen LogP contribution in [0.5, 0.6) is 0 Å². The van der Waals surface area contributed by atoms with Crippen molar-refractivity contribution in [3.8, 4) is 0 Å². The van der Waals surface area contributed by atoms with E-state index < -0.39 is 0 Å². The smallest absolute Gasteiger partial charge is 0.0577 e. The highest BCUT2D eigenvalue weighted by atomic mass is 16.3. The van der Waals surface area contributed by atoms with Gasteiger partial charge in [-0.15, -0.1) is 0 Å². The summed E-state index contributed by atoms with van der Waals surface area (Å²) in [6, 6.07) is 0. The van der Waals surface area contributed by atoms with E-state index in [1.807, 2.05) is 0 Å². The van der Waals surface area contributed by atoms with Gasteiger partial charge in [0, 0.05) is 0 Å². The van der Waals surface area contributed by atoms with Gasteiger partial charge in [0.2, 0.25) is 0 Å². The van der Waals surface area contributed by atoms with E-state index in [1.54, 1.807) is 5.57 Å². The molecule has 0 saturated heterocycles. The molecule has 1 nitrogen and oxygen atoms in total. The Balaban J connectivity index is 1.48. The second-order valence-electron chi connectivity index (χ2n) is 14.2. The lowest BCUT2D eigenvalue weighted by atomic mass is 9.47. The number of allylic oxidation sites excluding steroid dienone is 2. The van der Waals surface area contributed by atoms with E-state index in [2.05, 4.69) is 61.1 Å². The lowest BCUT2D eigenvalue weighted by Gasteiger charge is -2.58. The van der Waals surface area contributed by atoms with Crippen LogP contribution in [0.4, 0.5) is 0 Å². The van der Waals surface area contributed by atoms with Crippen molar-refractivity contribution >= 4 is 0 Å². The normalized spacial score (nSPS) is 43.5. The minimum Gasteiger partial charge on any atom is -0.393 e. The van der Waals surface area contributed by atoms with Crippen molar-refractivity contribution in [2.45, 2.75) is 119 Å². The molecule has 1 N–H and O–H groups in total. The number of aliphatic hydroxyl groups excluding tert-OH is 1. The van der Waals surface area contributed by atoms with Gasteiger partial charge in [-0.05, 0) is 123 Å². The van der Waals surface area contributed by atoms with Gasteiger partial charge in [0.25, 0.3) is 0 Å². The standard InChI is InChI=1S/C31H52O/c1-20(2)25(29(4,5)6)12-9-21(3)26-13-14-27-24-11-10-22-19-23(32)15-17-30(22,7)28(24)16-18-31(26,27)8/h10,21,23-28,32H,1,9,11-19H2,2-8H3. The second kappa shape index (κ2) is 8.58. The van der Waals surface area contributed by atoms with Gasteiger partial charge < -0.3 is 5.11 Å². The monoisotopic (exact) mass is 440 g/mol. The van der Waals surface area contributed by atoms with Crippen molar-refractivity contribution < 1.29 is 5.11 Å². The maximum atomic E-state index is 10.3. The molecule has 3 fully saturated rings. The van der Waals surface area contributed by atoms with Crippen molar-refractivity contribution in [3.05, 3.63) is 23.8 Å². The highest BCUT2D eigenvalue weighted by molar-refractivity contribution is 5.25. The summed E-state index contributed by atoms with van der Waals surface area (Å²) >= 11 is 0. The highest BCUT2D eigenvalue weighted by Crippen LogP contribution is 2.67. The molecule has 0 heterocycles. The first-order valence-corrected chi connectivity index (χ1v) is 13.9. The fourth-order valence-electron chi connectivity index (χ4n) is 9.67. The Labute approximate surface area is 199 Å². The molecule has 4 rings (SSSR count). The summed E-state index contributed by atoms with van der Waals surface area (Å²) in [5.41, 5.74) is 4.21. The summed E-state index contributed by atoms with van der Waals surface area (Å²) < 4.78 is 0. The lowest BCUT2D eigenvalue weighted by Crippen LogP contribution is -2.50. The third kappa shape index (κ3) is 4.08. The average molecular weight is 441 g/mol. The third-order valence-corrected chi connectivity index (χ3v) is 11.4. The number of hydrogen-bond donors (Lipinski definition) is 1. The van der Waals surface area contributed by atoms with E-state index in [0.29, 0.717) is 22.2 Å². The summed E-state index contributed by atoms with van der Waals surface area (Å²) in [5.74, 6) is 5.00. The van der Waals surface area contributed by atoms with Gasteiger partial charge in [-0.3, -0.25) is 0 Å². The van der Waals surface area contributed by atoms with Crippen LogP contribution in [0.2, 0.25) is 0 Å². The Bertz CT molecular complexity index is 740. The molecule has 9 unspecified atom stereocenters. The van der Waals surface area contributed by atoms with E-state index in [0.717, 1.165) is 42.4 Å². The fourth-order valence-corrected chi connectivity index (χ4v) is 9.67. The van der Waals surface area contributed by atoms with Crippen molar-refractivity contribution in [1.82, 2.24) is 0 Å². The van der Waals surface area contributed by atoms with Crippen molar-refractivity contribution in [2.75, 3.05) is 0 Å². The van der Waals surface area contributed by atoms with Gasteiger partial charge in [-0.2, -0.15) is 0 Å². The molecular weight excluding hydrogens is 388 g/mol. The maximum absolute atomic E-state index is 10.3. The third-order valence-electron chi connectivity index (χ3n) is 11.4. The molecule has 0 spiro atoms. The van der Waals surface area contributed by atoms with Crippen LogP contribution >= 0.6 is 0 Å². The molecule has 0 radical (unpaired) electrons. The molecule has 0 amide bonds. The maximum Gasteiger partial charge on any atom is 0.0577 e. The van der Waals surface area contributed by atoms with E-state index in [1.165, 1.54) is 56.9 Å². The van der Waals surface area contributed by atoms with Crippen LogP contribution in [-0.4, -0.2) is 11.2 Å². The molecule has 0 aromatic carbocycles. The van der Waals surface area contributed by atoms with Crippen LogP contribution in [0, 0.1) is 51.8 Å². The topological polar surface area (TPSA) is 20.2 Å². The Morgan fingerprint density at radius 3 is 2.47 bits per heavy atom. The summed E-state index contributed by atoms with van der Waals surface area (Å²) in [7, 11) is 0. The zero-order valence-electron chi connectivity index (χ0n) is 22.3. The zero-order valence-corrected chi connectivity index (χ0v) is 22.3. The van der Waals surface area contributed by atoms with Crippen LogP contribution in [0.25, 0.3) is 0 Å². The van der Waals surface area contributed by atoms with Crippen molar-refractivity contribution in [3.63, 3.8) is 0 Å². The minimum atomic E-state index is -0.0902. The average Bonchev–Trinajstić information content (AvgIpc) is 3.04. The Kier molecular flexibility index (Phi) is 6.59. The molecule has 32 heavy (non-hydrogen) atoms. The Hall–Kier alpha value is -0.560. The minimum absolute atomic E-state index is 0.0902. The van der Waals surface area contributed by atoms with Crippen LogP contribution in [0.15, 0.2) is 23.8 Å². The molecule has 0 bridgehead atoms. The number of fused-ring (bicyclic) bond motifs is 5. The summed E-state index contributed by atoms with van der Waals surface area (Å²) in [6.07, 6.45) is 15.4. The first-order chi connectivity index (χ1) is 14.9. The highest BCUT2D eigenvalue weighted by Gasteiger charge is 2.59. The molecule has 0 aromatic rings. The first kappa shape index (κ1) is 24.6. The molecule has 9 atom stereocenters. The van der Waals surface area contributed by atoms with Crippen molar-refractivity contribution in [2.24, 2.45) is 51.8 Å². The van der Waals surface area contributed by atoms with Crippen LogP contribution in [0.3, 0.4) is 0 Å². The van der Waals surface area contributed by atoms with Crippen LogP contribution in [0.1, 0.15) is 113 Å². The lowest BCUT2D eigenvalue weighted by molar-refractivity contribution is -0.0575. The predicted molar refractivity (Wildman–Crippen MR) is 137 cm³/mol. The molecule has 4 aliphatic rings. The number of rotatable bonds is 5. The van der Waals surface area contributed by atoms with Crippen LogP contribution in [-0.2, 0) is 0 Å². The SMILES string of the molecule is C=C(C)C(CCC(C)C1CCC2C3CC=C4CC(O)CCC4(C)C3CCC12C)C(C)(C)C. The summed E-state index contributed by atoms with van der Waals surface area (Å²) in [4.78, 5) is 0.